The van der Waals surface area contributed by atoms with Crippen LogP contribution in [0, 0.1) is 0 Å². The third-order valence-electron chi connectivity index (χ3n) is 3.25. The molecule has 1 amide bonds. The molecule has 0 bridgehead atoms. The van der Waals surface area contributed by atoms with E-state index in [1.807, 2.05) is 0 Å². The first-order valence-electron chi connectivity index (χ1n) is 5.92. The molecule has 1 aliphatic heterocycles. The van der Waals surface area contributed by atoms with Crippen LogP contribution in [0.2, 0.25) is 5.02 Å². The number of rotatable bonds is 3. The third-order valence-corrected chi connectivity index (χ3v) is 3.56. The molecule has 0 aliphatic carbocycles. The summed E-state index contributed by atoms with van der Waals surface area (Å²) in [6.07, 6.45) is 1.79. The molecule has 1 aliphatic rings. The van der Waals surface area contributed by atoms with E-state index < -0.39 is 0 Å². The number of likely N-dealkylation sites (tertiary alicyclic amines) is 1. The smallest absolute Gasteiger partial charge is 0.254 e. The largest absolute Gasteiger partial charge is 0.495 e. The van der Waals surface area contributed by atoms with E-state index in [9.17, 15) is 9.90 Å². The van der Waals surface area contributed by atoms with Gasteiger partial charge in [-0.2, -0.15) is 0 Å². The Hall–Kier alpha value is -1.26. The summed E-state index contributed by atoms with van der Waals surface area (Å²) in [4.78, 5) is 14.0. The SMILES string of the molecule is COc1cc(C(=O)N2CCC[C@@H]2CO)ccc1Cl. The fourth-order valence-corrected chi connectivity index (χ4v) is 2.45. The Morgan fingerprint density at radius 1 is 1.61 bits per heavy atom. The Morgan fingerprint density at radius 2 is 2.39 bits per heavy atom. The number of nitrogens with zero attached hydrogens (tertiary/aromatic N) is 1. The van der Waals surface area contributed by atoms with Crippen LogP contribution in [-0.4, -0.2) is 42.2 Å². The van der Waals surface area contributed by atoms with Gasteiger partial charge in [-0.25, -0.2) is 0 Å². The Labute approximate surface area is 111 Å². The van der Waals surface area contributed by atoms with E-state index in [4.69, 9.17) is 16.3 Å². The number of halogens is 1. The molecule has 1 atom stereocenters. The first-order chi connectivity index (χ1) is 8.67. The molecule has 1 aromatic carbocycles. The van der Waals surface area contributed by atoms with Crippen molar-refractivity contribution in [1.29, 1.82) is 0 Å². The highest BCUT2D eigenvalue weighted by Crippen LogP contribution is 2.27. The summed E-state index contributed by atoms with van der Waals surface area (Å²) >= 11 is 5.93. The lowest BCUT2D eigenvalue weighted by molar-refractivity contribution is 0.0677. The summed E-state index contributed by atoms with van der Waals surface area (Å²) in [6.45, 7) is 0.700. The molecular formula is C13H16ClNO3. The lowest BCUT2D eigenvalue weighted by Crippen LogP contribution is -2.37. The predicted molar refractivity (Wildman–Crippen MR) is 69.1 cm³/mol. The summed E-state index contributed by atoms with van der Waals surface area (Å²) in [6, 6.07) is 4.90. The molecule has 1 heterocycles. The van der Waals surface area contributed by atoms with E-state index in [1.54, 1.807) is 23.1 Å². The minimum Gasteiger partial charge on any atom is -0.495 e. The monoisotopic (exact) mass is 269 g/mol. The Bertz CT molecular complexity index is 450. The van der Waals surface area contributed by atoms with E-state index in [0.717, 1.165) is 12.8 Å². The second kappa shape index (κ2) is 5.59. The Balaban J connectivity index is 2.23. The van der Waals surface area contributed by atoms with Crippen LogP contribution >= 0.6 is 11.6 Å². The Kier molecular flexibility index (Phi) is 4.09. The minimum atomic E-state index is -0.0819. The summed E-state index contributed by atoms with van der Waals surface area (Å²) in [7, 11) is 1.52. The highest BCUT2D eigenvalue weighted by molar-refractivity contribution is 6.32. The average Bonchev–Trinajstić information content (AvgIpc) is 2.86. The fourth-order valence-electron chi connectivity index (χ4n) is 2.25. The van der Waals surface area contributed by atoms with Crippen LogP contribution < -0.4 is 4.74 Å². The zero-order chi connectivity index (χ0) is 13.1. The summed E-state index contributed by atoms with van der Waals surface area (Å²) in [5, 5.41) is 9.72. The zero-order valence-corrected chi connectivity index (χ0v) is 11.0. The number of hydrogen-bond acceptors (Lipinski definition) is 3. The predicted octanol–water partition coefficient (Wildman–Crippen LogP) is 1.95. The van der Waals surface area contributed by atoms with Crippen molar-refractivity contribution in [2.24, 2.45) is 0 Å². The number of aliphatic hydroxyl groups is 1. The van der Waals surface area contributed by atoms with Gasteiger partial charge in [-0.15, -0.1) is 0 Å². The number of aliphatic hydroxyl groups excluding tert-OH is 1. The molecule has 0 radical (unpaired) electrons. The van der Waals surface area contributed by atoms with Gasteiger partial charge in [0.25, 0.3) is 5.91 Å². The van der Waals surface area contributed by atoms with Crippen LogP contribution in [0.4, 0.5) is 0 Å². The molecule has 98 valence electrons. The van der Waals surface area contributed by atoms with Gasteiger partial charge in [0, 0.05) is 12.1 Å². The molecule has 0 saturated carbocycles. The second-order valence-corrected chi connectivity index (χ2v) is 4.73. The number of amides is 1. The summed E-state index contributed by atoms with van der Waals surface area (Å²) in [5.41, 5.74) is 0.539. The summed E-state index contributed by atoms with van der Waals surface area (Å²) < 4.78 is 5.10. The first kappa shape index (κ1) is 13.2. The van der Waals surface area contributed by atoms with Crippen LogP contribution in [0.3, 0.4) is 0 Å². The maximum absolute atomic E-state index is 12.3. The van der Waals surface area contributed by atoms with Gasteiger partial charge in [0.2, 0.25) is 0 Å². The standard InChI is InChI=1S/C13H16ClNO3/c1-18-12-7-9(4-5-11(12)14)13(17)15-6-2-3-10(15)8-16/h4-5,7,10,16H,2-3,6,8H2,1H3/t10-/m1/s1. The molecule has 4 nitrogen and oxygen atoms in total. The van der Waals surface area contributed by atoms with Crippen molar-refractivity contribution in [1.82, 2.24) is 4.90 Å². The van der Waals surface area contributed by atoms with E-state index in [2.05, 4.69) is 0 Å². The van der Waals surface area contributed by atoms with Gasteiger partial charge in [-0.05, 0) is 31.0 Å². The summed E-state index contributed by atoms with van der Waals surface area (Å²) in [5.74, 6) is 0.406. The van der Waals surface area contributed by atoms with Gasteiger partial charge >= 0.3 is 0 Å². The quantitative estimate of drug-likeness (QED) is 0.912. The molecule has 18 heavy (non-hydrogen) atoms. The van der Waals surface area contributed by atoms with E-state index >= 15 is 0 Å². The maximum atomic E-state index is 12.3. The van der Waals surface area contributed by atoms with Crippen molar-refractivity contribution in [3.8, 4) is 5.75 Å². The van der Waals surface area contributed by atoms with Crippen molar-refractivity contribution in [3.05, 3.63) is 28.8 Å². The molecule has 0 spiro atoms. The van der Waals surface area contributed by atoms with Crippen LogP contribution in [0.1, 0.15) is 23.2 Å². The number of methoxy groups -OCH3 is 1. The van der Waals surface area contributed by atoms with Crippen molar-refractivity contribution in [2.75, 3.05) is 20.3 Å². The molecule has 0 unspecified atom stereocenters. The topological polar surface area (TPSA) is 49.8 Å². The van der Waals surface area contributed by atoms with Gasteiger partial charge in [-0.1, -0.05) is 11.6 Å². The van der Waals surface area contributed by atoms with Crippen LogP contribution in [-0.2, 0) is 0 Å². The Morgan fingerprint density at radius 3 is 3.06 bits per heavy atom. The fraction of sp³-hybridized carbons (Fsp3) is 0.462. The van der Waals surface area contributed by atoms with Crippen molar-refractivity contribution in [3.63, 3.8) is 0 Å². The van der Waals surface area contributed by atoms with Gasteiger partial charge in [0.1, 0.15) is 5.75 Å². The number of carbonyl (C=O) groups is 1. The second-order valence-electron chi connectivity index (χ2n) is 4.33. The molecule has 1 saturated heterocycles. The molecule has 0 aromatic heterocycles. The highest BCUT2D eigenvalue weighted by Gasteiger charge is 2.29. The molecule has 2 rings (SSSR count). The molecule has 1 aromatic rings. The highest BCUT2D eigenvalue weighted by atomic mass is 35.5. The third kappa shape index (κ3) is 2.44. The number of benzene rings is 1. The number of hydrogen-bond donors (Lipinski definition) is 1. The molecule has 5 heteroatoms. The lowest BCUT2D eigenvalue weighted by Gasteiger charge is -2.23. The average molecular weight is 270 g/mol. The van der Waals surface area contributed by atoms with E-state index in [-0.39, 0.29) is 18.6 Å². The van der Waals surface area contributed by atoms with Gasteiger partial charge < -0.3 is 14.7 Å². The van der Waals surface area contributed by atoms with Gasteiger partial charge in [-0.3, -0.25) is 4.79 Å². The number of ether oxygens (including phenoxy) is 1. The lowest BCUT2D eigenvalue weighted by atomic mass is 10.1. The van der Waals surface area contributed by atoms with Gasteiger partial charge in [0.05, 0.1) is 24.8 Å². The molecular weight excluding hydrogens is 254 g/mol. The van der Waals surface area contributed by atoms with Gasteiger partial charge in [0.15, 0.2) is 0 Å². The number of carbonyl (C=O) groups excluding carboxylic acids is 1. The van der Waals surface area contributed by atoms with E-state index in [1.165, 1.54) is 7.11 Å². The van der Waals surface area contributed by atoms with E-state index in [0.29, 0.717) is 22.9 Å². The minimum absolute atomic E-state index is 0.0104. The van der Waals surface area contributed by atoms with Crippen LogP contribution in [0.25, 0.3) is 0 Å². The normalized spacial score (nSPS) is 19.1. The molecule has 1 N–H and O–H groups in total. The van der Waals surface area contributed by atoms with Crippen molar-refractivity contribution in [2.45, 2.75) is 18.9 Å². The van der Waals surface area contributed by atoms with Crippen LogP contribution in [0.5, 0.6) is 5.75 Å². The van der Waals surface area contributed by atoms with Crippen LogP contribution in [0.15, 0.2) is 18.2 Å². The maximum Gasteiger partial charge on any atom is 0.254 e. The molecule has 1 fully saturated rings. The first-order valence-corrected chi connectivity index (χ1v) is 6.30. The van der Waals surface area contributed by atoms with Crippen molar-refractivity contribution >= 4 is 17.5 Å². The zero-order valence-electron chi connectivity index (χ0n) is 10.2. The van der Waals surface area contributed by atoms with Crippen molar-refractivity contribution < 1.29 is 14.6 Å².